The van der Waals surface area contributed by atoms with Crippen LogP contribution in [0.3, 0.4) is 0 Å². The molecule has 0 aromatic heterocycles. The lowest BCUT2D eigenvalue weighted by atomic mass is 9.99. The maximum atomic E-state index is 3.94. The van der Waals surface area contributed by atoms with Gasteiger partial charge in [-0.25, -0.2) is 0 Å². The number of nitrogens with zero attached hydrogens (tertiary/aromatic N) is 1. The van der Waals surface area contributed by atoms with Crippen molar-refractivity contribution in [3.8, 4) is 0 Å². The first-order valence-electron chi connectivity index (χ1n) is 4.33. The molecule has 0 saturated carbocycles. The van der Waals surface area contributed by atoms with E-state index >= 15 is 0 Å². The molecule has 0 fully saturated rings. The fourth-order valence-corrected chi connectivity index (χ4v) is 1.02. The van der Waals surface area contributed by atoms with E-state index in [4.69, 9.17) is 0 Å². The van der Waals surface area contributed by atoms with E-state index in [0.29, 0.717) is 5.92 Å². The highest BCUT2D eigenvalue weighted by Gasteiger charge is 1.99. The quantitative estimate of drug-likeness (QED) is 0.550. The van der Waals surface area contributed by atoms with Crippen LogP contribution >= 0.6 is 0 Å². The zero-order valence-corrected chi connectivity index (χ0v) is 8.09. The van der Waals surface area contributed by atoms with Gasteiger partial charge in [0.2, 0.25) is 0 Å². The molecular weight excluding hydrogens is 134 g/mol. The van der Waals surface area contributed by atoms with Crippen LogP contribution in [0.1, 0.15) is 33.6 Å². The van der Waals surface area contributed by atoms with E-state index in [9.17, 15) is 0 Å². The predicted molar refractivity (Wildman–Crippen MR) is 52.2 cm³/mol. The molecule has 11 heavy (non-hydrogen) atoms. The van der Waals surface area contributed by atoms with Crippen molar-refractivity contribution in [2.75, 3.05) is 7.05 Å². The fourth-order valence-electron chi connectivity index (χ4n) is 1.02. The minimum Gasteiger partial charge on any atom is -0.297 e. The van der Waals surface area contributed by atoms with Gasteiger partial charge in [-0.3, -0.25) is 4.99 Å². The normalized spacial score (nSPS) is 13.4. The van der Waals surface area contributed by atoms with Crippen molar-refractivity contribution < 1.29 is 0 Å². The highest BCUT2D eigenvalue weighted by atomic mass is 14.6. The van der Waals surface area contributed by atoms with E-state index < -0.39 is 0 Å². The summed E-state index contributed by atoms with van der Waals surface area (Å²) in [5, 5.41) is 0. The minimum absolute atomic E-state index is 0.660. The first kappa shape index (κ1) is 10.4. The number of hydrogen-bond donors (Lipinski definition) is 0. The summed E-state index contributed by atoms with van der Waals surface area (Å²) >= 11 is 0. The van der Waals surface area contributed by atoms with E-state index in [1.807, 2.05) is 6.21 Å². The van der Waals surface area contributed by atoms with Gasteiger partial charge >= 0.3 is 0 Å². The van der Waals surface area contributed by atoms with E-state index in [1.165, 1.54) is 18.4 Å². The van der Waals surface area contributed by atoms with Gasteiger partial charge in [-0.2, -0.15) is 0 Å². The van der Waals surface area contributed by atoms with Crippen LogP contribution in [0.4, 0.5) is 0 Å². The summed E-state index contributed by atoms with van der Waals surface area (Å²) in [6.07, 6.45) is 6.43. The highest BCUT2D eigenvalue weighted by molar-refractivity contribution is 5.72. The van der Waals surface area contributed by atoms with Crippen LogP contribution in [0.25, 0.3) is 0 Å². The SMILES string of the molecule is CCC/C(=C\C=N/C)C(C)C. The Labute approximate surface area is 70.2 Å². The number of rotatable bonds is 4. The highest BCUT2D eigenvalue weighted by Crippen LogP contribution is 2.14. The molecule has 0 atom stereocenters. The van der Waals surface area contributed by atoms with Crippen molar-refractivity contribution in [2.45, 2.75) is 33.6 Å². The molecule has 0 saturated heterocycles. The standard InChI is InChI=1S/C10H19N/c1-5-6-10(9(2)3)7-8-11-4/h7-9H,5-6H2,1-4H3/b10-7+,11-8-. The van der Waals surface area contributed by atoms with Crippen molar-refractivity contribution in [3.05, 3.63) is 11.6 Å². The lowest BCUT2D eigenvalue weighted by Gasteiger charge is -2.07. The van der Waals surface area contributed by atoms with Crippen molar-refractivity contribution >= 4 is 6.21 Å². The van der Waals surface area contributed by atoms with Crippen molar-refractivity contribution in [2.24, 2.45) is 10.9 Å². The maximum Gasteiger partial charge on any atom is 0.0277 e. The summed E-state index contributed by atoms with van der Waals surface area (Å²) in [6.45, 7) is 6.66. The van der Waals surface area contributed by atoms with Crippen LogP contribution in [-0.2, 0) is 0 Å². The second kappa shape index (κ2) is 6.14. The molecule has 0 heterocycles. The van der Waals surface area contributed by atoms with Crippen LogP contribution in [0.5, 0.6) is 0 Å². The molecule has 0 aromatic carbocycles. The monoisotopic (exact) mass is 153 g/mol. The zero-order valence-electron chi connectivity index (χ0n) is 8.09. The molecule has 0 amide bonds. The van der Waals surface area contributed by atoms with E-state index in [2.05, 4.69) is 31.8 Å². The summed E-state index contributed by atoms with van der Waals surface area (Å²) in [5.74, 6) is 0.660. The predicted octanol–water partition coefficient (Wildman–Crippen LogP) is 3.07. The van der Waals surface area contributed by atoms with Gasteiger partial charge in [0.15, 0.2) is 0 Å². The third kappa shape index (κ3) is 4.77. The zero-order chi connectivity index (χ0) is 8.69. The molecule has 1 heteroatoms. The number of allylic oxidation sites excluding steroid dienone is 2. The van der Waals surface area contributed by atoms with Crippen LogP contribution in [0.15, 0.2) is 16.6 Å². The smallest absolute Gasteiger partial charge is 0.0277 e. The summed E-state index contributed by atoms with van der Waals surface area (Å²) in [5.41, 5.74) is 1.50. The van der Waals surface area contributed by atoms with Crippen LogP contribution in [-0.4, -0.2) is 13.3 Å². The third-order valence-electron chi connectivity index (χ3n) is 1.72. The summed E-state index contributed by atoms with van der Waals surface area (Å²) in [7, 11) is 1.81. The van der Waals surface area contributed by atoms with Gasteiger partial charge < -0.3 is 0 Å². The second-order valence-corrected chi connectivity index (χ2v) is 3.05. The van der Waals surface area contributed by atoms with Crippen LogP contribution < -0.4 is 0 Å². The minimum atomic E-state index is 0.660. The van der Waals surface area contributed by atoms with E-state index in [1.54, 1.807) is 7.05 Å². The Balaban J connectivity index is 4.08. The van der Waals surface area contributed by atoms with E-state index in [0.717, 1.165) is 0 Å². The first-order chi connectivity index (χ1) is 5.22. The molecule has 0 unspecified atom stereocenters. The van der Waals surface area contributed by atoms with E-state index in [-0.39, 0.29) is 0 Å². The Bertz CT molecular complexity index is 143. The molecule has 1 nitrogen and oxygen atoms in total. The number of hydrogen-bond acceptors (Lipinski definition) is 1. The Morgan fingerprint density at radius 2 is 2.09 bits per heavy atom. The molecule has 0 N–H and O–H groups in total. The topological polar surface area (TPSA) is 12.4 Å². The van der Waals surface area contributed by atoms with Gasteiger partial charge in [-0.15, -0.1) is 0 Å². The fraction of sp³-hybridized carbons (Fsp3) is 0.700. The summed E-state index contributed by atoms with van der Waals surface area (Å²) in [6, 6.07) is 0. The lowest BCUT2D eigenvalue weighted by molar-refractivity contribution is 0.703. The molecule has 0 aliphatic rings. The molecule has 0 spiro atoms. The summed E-state index contributed by atoms with van der Waals surface area (Å²) < 4.78 is 0. The molecule has 0 aromatic rings. The molecule has 0 aliphatic carbocycles. The molecule has 0 rings (SSSR count). The Kier molecular flexibility index (Phi) is 5.81. The maximum absolute atomic E-state index is 3.94. The largest absolute Gasteiger partial charge is 0.297 e. The van der Waals surface area contributed by atoms with Gasteiger partial charge in [0.25, 0.3) is 0 Å². The molecule has 64 valence electrons. The molecule has 0 radical (unpaired) electrons. The van der Waals surface area contributed by atoms with Crippen LogP contribution in [0, 0.1) is 5.92 Å². The molecule has 0 bridgehead atoms. The average Bonchev–Trinajstić information content (AvgIpc) is 1.97. The van der Waals surface area contributed by atoms with Gasteiger partial charge in [0, 0.05) is 13.3 Å². The molecule has 0 aliphatic heterocycles. The lowest BCUT2D eigenvalue weighted by Crippen LogP contribution is -1.93. The number of aliphatic imine (C=N–C) groups is 1. The Morgan fingerprint density at radius 1 is 1.45 bits per heavy atom. The summed E-state index contributed by atoms with van der Waals surface area (Å²) in [4.78, 5) is 3.94. The van der Waals surface area contributed by atoms with Gasteiger partial charge in [0.1, 0.15) is 0 Å². The Hall–Kier alpha value is -0.590. The van der Waals surface area contributed by atoms with Gasteiger partial charge in [-0.05, 0) is 18.4 Å². The average molecular weight is 153 g/mol. The Morgan fingerprint density at radius 3 is 2.45 bits per heavy atom. The van der Waals surface area contributed by atoms with Gasteiger partial charge in [0.05, 0.1) is 0 Å². The third-order valence-corrected chi connectivity index (χ3v) is 1.72. The first-order valence-corrected chi connectivity index (χ1v) is 4.33. The van der Waals surface area contributed by atoms with Gasteiger partial charge in [-0.1, -0.05) is 32.8 Å². The molecular formula is C10H19N. The van der Waals surface area contributed by atoms with Crippen LogP contribution in [0.2, 0.25) is 0 Å². The van der Waals surface area contributed by atoms with Crippen molar-refractivity contribution in [1.82, 2.24) is 0 Å². The van der Waals surface area contributed by atoms with Crippen molar-refractivity contribution in [1.29, 1.82) is 0 Å². The van der Waals surface area contributed by atoms with Crippen molar-refractivity contribution in [3.63, 3.8) is 0 Å². The second-order valence-electron chi connectivity index (χ2n) is 3.05.